The number of carbonyl (C=O) groups is 3. The van der Waals surface area contributed by atoms with E-state index < -0.39 is 42.5 Å². The first-order valence-electron chi connectivity index (χ1n) is 8.15. The molecule has 142 valence electrons. The molecule has 0 aromatic heterocycles. The quantitative estimate of drug-likeness (QED) is 0.550. The zero-order chi connectivity index (χ0) is 19.1. The molecule has 0 amide bonds. The Labute approximate surface area is 151 Å². The average Bonchev–Trinajstić information content (AvgIpc) is 2.56. The van der Waals surface area contributed by atoms with Gasteiger partial charge in [-0.25, -0.2) is 0 Å². The first-order valence-corrected chi connectivity index (χ1v) is 8.15. The second-order valence-electron chi connectivity index (χ2n) is 5.79. The van der Waals surface area contributed by atoms with Gasteiger partial charge in [0.1, 0.15) is 0 Å². The van der Waals surface area contributed by atoms with Crippen LogP contribution in [-0.2, 0) is 44.7 Å². The van der Waals surface area contributed by atoms with Gasteiger partial charge >= 0.3 is 17.9 Å². The minimum atomic E-state index is -1.07. The van der Waals surface area contributed by atoms with E-state index in [0.29, 0.717) is 0 Å². The summed E-state index contributed by atoms with van der Waals surface area (Å²) < 4.78 is 26.9. The summed E-state index contributed by atoms with van der Waals surface area (Å²) in [6.45, 7) is 3.80. The van der Waals surface area contributed by atoms with Gasteiger partial charge in [-0.1, -0.05) is 30.3 Å². The molecule has 1 aliphatic rings. The van der Waals surface area contributed by atoms with Gasteiger partial charge in [-0.15, -0.1) is 0 Å². The summed E-state index contributed by atoms with van der Waals surface area (Å²) in [6, 6.07) is 9.34. The zero-order valence-electron chi connectivity index (χ0n) is 14.9. The average molecular weight is 366 g/mol. The minimum Gasteiger partial charge on any atom is -0.456 e. The van der Waals surface area contributed by atoms with Crippen LogP contribution in [-0.4, -0.2) is 49.1 Å². The molecule has 1 aromatic carbocycles. The fourth-order valence-corrected chi connectivity index (χ4v) is 2.60. The second-order valence-corrected chi connectivity index (χ2v) is 5.79. The van der Waals surface area contributed by atoms with Gasteiger partial charge in [0.15, 0.2) is 24.6 Å². The molecule has 1 heterocycles. The highest BCUT2D eigenvalue weighted by atomic mass is 16.7. The van der Waals surface area contributed by atoms with Crippen LogP contribution in [0.2, 0.25) is 0 Å². The minimum absolute atomic E-state index is 0.0608. The molecule has 1 saturated heterocycles. The molecule has 0 radical (unpaired) electrons. The van der Waals surface area contributed by atoms with E-state index in [0.717, 1.165) is 5.56 Å². The SMILES string of the molecule is CC(=O)O[C@@H]1[C@@H](OCc2ccccc2)OC[C@@H](OC(C)=O)[C@H]1OC(C)=O. The molecule has 26 heavy (non-hydrogen) atoms. The number of carbonyl (C=O) groups excluding carboxylic acids is 3. The van der Waals surface area contributed by atoms with Gasteiger partial charge in [-0.05, 0) is 5.56 Å². The number of benzene rings is 1. The van der Waals surface area contributed by atoms with Crippen molar-refractivity contribution in [3.63, 3.8) is 0 Å². The van der Waals surface area contributed by atoms with E-state index in [1.165, 1.54) is 20.8 Å². The van der Waals surface area contributed by atoms with E-state index in [1.807, 2.05) is 30.3 Å². The molecule has 0 spiro atoms. The standard InChI is InChI=1S/C18H22O8/c1-11(19)24-15-10-23-18(22-9-14-7-5-4-6-8-14)17(26-13(3)21)16(15)25-12(2)20/h4-8,15-18H,9-10H2,1-3H3/t15-,16-,17+,18+/m1/s1. The Bertz CT molecular complexity index is 629. The van der Waals surface area contributed by atoms with Crippen LogP contribution in [0, 0.1) is 0 Å². The number of esters is 3. The first-order chi connectivity index (χ1) is 12.4. The van der Waals surface area contributed by atoms with Crippen LogP contribution in [0.3, 0.4) is 0 Å². The van der Waals surface area contributed by atoms with E-state index in [9.17, 15) is 14.4 Å². The van der Waals surface area contributed by atoms with Crippen LogP contribution in [0.25, 0.3) is 0 Å². The molecular formula is C18H22O8. The maximum absolute atomic E-state index is 11.5. The number of hydrogen-bond acceptors (Lipinski definition) is 8. The Morgan fingerprint density at radius 2 is 1.50 bits per heavy atom. The summed E-state index contributed by atoms with van der Waals surface area (Å²) in [5.41, 5.74) is 0.892. The maximum Gasteiger partial charge on any atom is 0.303 e. The summed E-state index contributed by atoms with van der Waals surface area (Å²) in [6.07, 6.45) is -3.99. The van der Waals surface area contributed by atoms with Crippen LogP contribution in [0.1, 0.15) is 26.3 Å². The topological polar surface area (TPSA) is 97.4 Å². The molecule has 8 nitrogen and oxygen atoms in total. The van der Waals surface area contributed by atoms with Gasteiger partial charge in [0, 0.05) is 20.8 Å². The van der Waals surface area contributed by atoms with Crippen LogP contribution in [0.15, 0.2) is 30.3 Å². The van der Waals surface area contributed by atoms with Crippen LogP contribution in [0.5, 0.6) is 0 Å². The van der Waals surface area contributed by atoms with Crippen molar-refractivity contribution >= 4 is 17.9 Å². The highest BCUT2D eigenvalue weighted by Crippen LogP contribution is 2.26. The van der Waals surface area contributed by atoms with Gasteiger partial charge in [0.05, 0.1) is 13.2 Å². The summed E-state index contributed by atoms with van der Waals surface area (Å²) in [7, 11) is 0. The van der Waals surface area contributed by atoms with Crippen molar-refractivity contribution in [3.8, 4) is 0 Å². The van der Waals surface area contributed by atoms with Crippen LogP contribution in [0.4, 0.5) is 0 Å². The largest absolute Gasteiger partial charge is 0.456 e. The van der Waals surface area contributed by atoms with Gasteiger partial charge in [0.25, 0.3) is 0 Å². The van der Waals surface area contributed by atoms with Gasteiger partial charge in [-0.3, -0.25) is 14.4 Å². The Morgan fingerprint density at radius 3 is 2.08 bits per heavy atom. The summed E-state index contributed by atoms with van der Waals surface area (Å²) in [5.74, 6) is -1.78. The molecule has 4 atom stereocenters. The van der Waals surface area contributed by atoms with E-state index >= 15 is 0 Å². The molecule has 0 aliphatic carbocycles. The molecule has 1 aliphatic heterocycles. The number of hydrogen-bond donors (Lipinski definition) is 0. The van der Waals surface area contributed by atoms with E-state index in [4.69, 9.17) is 23.7 Å². The predicted octanol–water partition coefficient (Wildman–Crippen LogP) is 1.35. The molecule has 0 bridgehead atoms. The molecule has 0 N–H and O–H groups in total. The van der Waals surface area contributed by atoms with Gasteiger partial charge in [0.2, 0.25) is 0 Å². The lowest BCUT2D eigenvalue weighted by Crippen LogP contribution is -2.58. The lowest BCUT2D eigenvalue weighted by atomic mass is 10.0. The summed E-state index contributed by atoms with van der Waals surface area (Å²) >= 11 is 0. The van der Waals surface area contributed by atoms with E-state index in [2.05, 4.69) is 0 Å². The molecule has 1 fully saturated rings. The third-order valence-corrected chi connectivity index (χ3v) is 3.56. The van der Waals surface area contributed by atoms with Crippen molar-refractivity contribution in [1.82, 2.24) is 0 Å². The van der Waals surface area contributed by atoms with E-state index in [1.54, 1.807) is 0 Å². The van der Waals surface area contributed by atoms with Crippen molar-refractivity contribution in [1.29, 1.82) is 0 Å². The van der Waals surface area contributed by atoms with Gasteiger partial charge < -0.3 is 23.7 Å². The van der Waals surface area contributed by atoms with E-state index in [-0.39, 0.29) is 13.2 Å². The first kappa shape index (κ1) is 19.9. The second kappa shape index (κ2) is 9.30. The number of rotatable bonds is 6. The normalized spacial score (nSPS) is 25.2. The highest BCUT2D eigenvalue weighted by molar-refractivity contribution is 5.68. The summed E-state index contributed by atoms with van der Waals surface area (Å²) in [4.78, 5) is 34.3. The van der Waals surface area contributed by atoms with Crippen LogP contribution >= 0.6 is 0 Å². The molecule has 2 rings (SSSR count). The lowest BCUT2D eigenvalue weighted by Gasteiger charge is -2.40. The van der Waals surface area contributed by atoms with Crippen molar-refractivity contribution in [2.24, 2.45) is 0 Å². The lowest BCUT2D eigenvalue weighted by molar-refractivity contribution is -0.283. The Balaban J connectivity index is 2.16. The molecule has 0 saturated carbocycles. The molecule has 0 unspecified atom stereocenters. The smallest absolute Gasteiger partial charge is 0.303 e. The Kier molecular flexibility index (Phi) is 7.11. The summed E-state index contributed by atoms with van der Waals surface area (Å²) in [5, 5.41) is 0. The highest BCUT2D eigenvalue weighted by Gasteiger charge is 2.47. The number of ether oxygens (including phenoxy) is 5. The van der Waals surface area contributed by atoms with Crippen molar-refractivity contribution in [3.05, 3.63) is 35.9 Å². The fraction of sp³-hybridized carbons (Fsp3) is 0.500. The predicted molar refractivity (Wildman–Crippen MR) is 87.6 cm³/mol. The molecule has 8 heteroatoms. The molecular weight excluding hydrogens is 344 g/mol. The monoisotopic (exact) mass is 366 g/mol. The van der Waals surface area contributed by atoms with Crippen molar-refractivity contribution in [2.45, 2.75) is 52.0 Å². The van der Waals surface area contributed by atoms with Gasteiger partial charge in [-0.2, -0.15) is 0 Å². The Hall–Kier alpha value is -2.45. The zero-order valence-corrected chi connectivity index (χ0v) is 14.9. The third-order valence-electron chi connectivity index (χ3n) is 3.56. The third kappa shape index (κ3) is 5.82. The Morgan fingerprint density at radius 1 is 0.923 bits per heavy atom. The van der Waals surface area contributed by atoms with Crippen LogP contribution < -0.4 is 0 Å². The molecule has 1 aromatic rings. The fourth-order valence-electron chi connectivity index (χ4n) is 2.60. The maximum atomic E-state index is 11.5. The van der Waals surface area contributed by atoms with Crippen molar-refractivity contribution in [2.75, 3.05) is 6.61 Å². The van der Waals surface area contributed by atoms with Crippen molar-refractivity contribution < 1.29 is 38.1 Å².